The Morgan fingerprint density at radius 1 is 1.22 bits per heavy atom. The van der Waals surface area contributed by atoms with E-state index in [1.165, 1.54) is 0 Å². The Morgan fingerprint density at radius 3 is 2.28 bits per heavy atom. The Bertz CT molecular complexity index is 534. The fourth-order valence-corrected chi connectivity index (χ4v) is 2.24. The van der Waals surface area contributed by atoms with Gasteiger partial charge in [0, 0.05) is 17.9 Å². The molecule has 0 aliphatic rings. The van der Waals surface area contributed by atoms with Gasteiger partial charge >= 0.3 is 0 Å². The number of aromatic nitrogens is 1. The maximum Gasteiger partial charge on any atom is 0.191 e. The van der Waals surface area contributed by atoms with Gasteiger partial charge in [0.1, 0.15) is 0 Å². The van der Waals surface area contributed by atoms with Crippen molar-refractivity contribution in [3.8, 4) is 0 Å². The summed E-state index contributed by atoms with van der Waals surface area (Å²) in [6.45, 7) is 9.48. The van der Waals surface area contributed by atoms with E-state index in [9.17, 15) is 5.11 Å². The molecule has 0 spiro atoms. The molecule has 2 rings (SSSR count). The molecule has 0 fully saturated rings. The zero-order valence-corrected chi connectivity index (χ0v) is 11.4. The lowest BCUT2D eigenvalue weighted by molar-refractivity contribution is -0.0446. The first-order chi connectivity index (χ1) is 8.26. The van der Waals surface area contributed by atoms with Gasteiger partial charge in [-0.25, -0.2) is 4.98 Å². The topological polar surface area (TPSA) is 59.4 Å². The van der Waals surface area contributed by atoms with Crippen molar-refractivity contribution in [1.29, 1.82) is 0 Å². The zero-order valence-electron chi connectivity index (χ0n) is 11.4. The first-order valence-electron chi connectivity index (χ1n) is 5.96. The summed E-state index contributed by atoms with van der Waals surface area (Å²) in [5, 5.41) is 11.2. The molecule has 1 atom stereocenters. The Labute approximate surface area is 107 Å². The van der Waals surface area contributed by atoms with Gasteiger partial charge in [-0.2, -0.15) is 0 Å². The molecular formula is C14H19NO3. The van der Waals surface area contributed by atoms with Crippen LogP contribution in [0.2, 0.25) is 0 Å². The molecule has 0 saturated carbocycles. The third kappa shape index (κ3) is 1.77. The molecule has 0 radical (unpaired) electrons. The van der Waals surface area contributed by atoms with Gasteiger partial charge in [0.25, 0.3) is 0 Å². The van der Waals surface area contributed by atoms with Crippen LogP contribution in [0.4, 0.5) is 0 Å². The van der Waals surface area contributed by atoms with Crippen LogP contribution in [0, 0.1) is 19.3 Å². The molecule has 0 saturated heterocycles. The molecule has 98 valence electrons. The number of nitrogens with zero attached hydrogens (tertiary/aromatic N) is 1. The largest absolute Gasteiger partial charge is 0.472 e. The van der Waals surface area contributed by atoms with E-state index >= 15 is 0 Å². The number of hydrogen-bond donors (Lipinski definition) is 1. The number of aryl methyl sites for hydroxylation is 2. The highest BCUT2D eigenvalue weighted by molar-refractivity contribution is 5.33. The van der Waals surface area contributed by atoms with Crippen LogP contribution in [-0.4, -0.2) is 10.1 Å². The lowest BCUT2D eigenvalue weighted by Gasteiger charge is -2.38. The van der Waals surface area contributed by atoms with Crippen LogP contribution < -0.4 is 0 Å². The van der Waals surface area contributed by atoms with E-state index in [2.05, 4.69) is 4.98 Å². The number of furan rings is 1. The van der Waals surface area contributed by atoms with E-state index in [4.69, 9.17) is 8.83 Å². The summed E-state index contributed by atoms with van der Waals surface area (Å²) in [6.07, 6.45) is 3.09. The zero-order chi connectivity index (χ0) is 13.6. The summed E-state index contributed by atoms with van der Waals surface area (Å²) in [5.41, 5.74) is -0.334. The normalized spacial score (nSPS) is 15.7. The molecule has 4 nitrogen and oxygen atoms in total. The van der Waals surface area contributed by atoms with Crippen molar-refractivity contribution in [2.24, 2.45) is 5.41 Å². The first-order valence-corrected chi connectivity index (χ1v) is 5.96. The maximum absolute atomic E-state index is 11.2. The Balaban J connectivity index is 2.68. The van der Waals surface area contributed by atoms with Crippen molar-refractivity contribution in [1.82, 2.24) is 4.98 Å². The van der Waals surface area contributed by atoms with Gasteiger partial charge in [-0.3, -0.25) is 0 Å². The third-order valence-electron chi connectivity index (χ3n) is 3.26. The number of oxazole rings is 1. The lowest BCUT2D eigenvalue weighted by atomic mass is 9.71. The van der Waals surface area contributed by atoms with E-state index in [-0.39, 0.29) is 0 Å². The molecule has 2 aromatic rings. The second kappa shape index (κ2) is 3.99. The molecular weight excluding hydrogens is 230 g/mol. The lowest BCUT2D eigenvalue weighted by Crippen LogP contribution is -2.41. The number of rotatable bonds is 2. The second-order valence-corrected chi connectivity index (χ2v) is 5.62. The Morgan fingerprint density at radius 2 is 1.89 bits per heavy atom. The first kappa shape index (κ1) is 12.9. The van der Waals surface area contributed by atoms with Gasteiger partial charge in [0.15, 0.2) is 17.3 Å². The average molecular weight is 249 g/mol. The minimum atomic E-state index is -1.26. The summed E-state index contributed by atoms with van der Waals surface area (Å²) in [7, 11) is 0. The van der Waals surface area contributed by atoms with Gasteiger partial charge in [0.2, 0.25) is 0 Å². The van der Waals surface area contributed by atoms with Crippen molar-refractivity contribution in [2.75, 3.05) is 0 Å². The van der Waals surface area contributed by atoms with Gasteiger partial charge < -0.3 is 13.9 Å². The second-order valence-electron chi connectivity index (χ2n) is 5.62. The summed E-state index contributed by atoms with van der Waals surface area (Å²) >= 11 is 0. The minimum absolute atomic E-state index is 0.451. The molecule has 0 amide bonds. The van der Waals surface area contributed by atoms with E-state index in [0.717, 1.165) is 0 Å². The van der Waals surface area contributed by atoms with Crippen molar-refractivity contribution in [2.45, 2.75) is 40.2 Å². The van der Waals surface area contributed by atoms with Crippen molar-refractivity contribution in [3.05, 3.63) is 41.5 Å². The Hall–Kier alpha value is -1.55. The molecule has 1 N–H and O–H groups in total. The molecule has 0 aliphatic carbocycles. The van der Waals surface area contributed by atoms with Crippen LogP contribution in [0.1, 0.15) is 43.7 Å². The molecule has 0 aromatic carbocycles. The summed E-state index contributed by atoms with van der Waals surface area (Å²) in [6, 6.07) is 1.75. The van der Waals surface area contributed by atoms with Gasteiger partial charge in [-0.05, 0) is 13.0 Å². The SMILES string of the molecule is Cc1nc(C)c(C(O)(c2ccoc2)C(C)(C)C)o1. The highest BCUT2D eigenvalue weighted by Gasteiger charge is 2.48. The summed E-state index contributed by atoms with van der Waals surface area (Å²) < 4.78 is 10.7. The molecule has 4 heteroatoms. The predicted molar refractivity (Wildman–Crippen MR) is 67.1 cm³/mol. The van der Waals surface area contributed by atoms with E-state index in [1.807, 2.05) is 27.7 Å². The third-order valence-corrected chi connectivity index (χ3v) is 3.26. The van der Waals surface area contributed by atoms with E-state index in [1.54, 1.807) is 25.5 Å². The standard InChI is InChI=1S/C14H19NO3/c1-9-12(18-10(2)15-9)14(16,13(3,4)5)11-6-7-17-8-11/h6-8,16H,1-5H3. The predicted octanol–water partition coefficient (Wildman–Crippen LogP) is 3.17. The monoisotopic (exact) mass is 249 g/mol. The van der Waals surface area contributed by atoms with E-state index < -0.39 is 11.0 Å². The van der Waals surface area contributed by atoms with Crippen LogP contribution in [0.5, 0.6) is 0 Å². The fourth-order valence-electron chi connectivity index (χ4n) is 2.24. The average Bonchev–Trinajstić information content (AvgIpc) is 2.85. The summed E-state index contributed by atoms with van der Waals surface area (Å²) in [4.78, 5) is 4.24. The number of aliphatic hydroxyl groups is 1. The van der Waals surface area contributed by atoms with E-state index in [0.29, 0.717) is 22.9 Å². The molecule has 0 aliphatic heterocycles. The Kier molecular flexibility index (Phi) is 2.86. The van der Waals surface area contributed by atoms with Gasteiger partial charge in [-0.15, -0.1) is 0 Å². The molecule has 0 bridgehead atoms. The highest BCUT2D eigenvalue weighted by atomic mass is 16.4. The minimum Gasteiger partial charge on any atom is -0.472 e. The van der Waals surface area contributed by atoms with Crippen LogP contribution in [0.25, 0.3) is 0 Å². The quantitative estimate of drug-likeness (QED) is 0.888. The molecule has 18 heavy (non-hydrogen) atoms. The maximum atomic E-state index is 11.2. The summed E-state index contributed by atoms with van der Waals surface area (Å²) in [5.74, 6) is 1.03. The van der Waals surface area contributed by atoms with Crippen LogP contribution >= 0.6 is 0 Å². The molecule has 2 heterocycles. The van der Waals surface area contributed by atoms with Gasteiger partial charge in [0.05, 0.1) is 18.2 Å². The highest BCUT2D eigenvalue weighted by Crippen LogP contribution is 2.46. The van der Waals surface area contributed by atoms with Crippen molar-refractivity contribution in [3.63, 3.8) is 0 Å². The smallest absolute Gasteiger partial charge is 0.191 e. The van der Waals surface area contributed by atoms with Crippen LogP contribution in [0.3, 0.4) is 0 Å². The van der Waals surface area contributed by atoms with Crippen molar-refractivity contribution < 1.29 is 13.9 Å². The fraction of sp³-hybridized carbons (Fsp3) is 0.500. The molecule has 2 aromatic heterocycles. The van der Waals surface area contributed by atoms with Crippen LogP contribution in [-0.2, 0) is 5.60 Å². The number of hydrogen-bond acceptors (Lipinski definition) is 4. The van der Waals surface area contributed by atoms with Crippen LogP contribution in [0.15, 0.2) is 27.4 Å². The van der Waals surface area contributed by atoms with Crippen molar-refractivity contribution >= 4 is 0 Å². The van der Waals surface area contributed by atoms with Gasteiger partial charge in [-0.1, -0.05) is 20.8 Å². The molecule has 1 unspecified atom stereocenters.